The maximum Gasteiger partial charge on any atom is 0.180 e. The van der Waals surface area contributed by atoms with Crippen LogP contribution in [0.2, 0.25) is 0 Å². The van der Waals surface area contributed by atoms with Crippen molar-refractivity contribution >= 4 is 27.5 Å². The molecular formula is C14H12N6OS. The Morgan fingerprint density at radius 2 is 2.23 bits per heavy atom. The van der Waals surface area contributed by atoms with Gasteiger partial charge in [0.05, 0.1) is 22.1 Å². The van der Waals surface area contributed by atoms with E-state index in [-0.39, 0.29) is 6.61 Å². The second kappa shape index (κ2) is 4.93. The van der Waals surface area contributed by atoms with Gasteiger partial charge in [0.15, 0.2) is 11.0 Å². The quantitative estimate of drug-likeness (QED) is 0.536. The Morgan fingerprint density at radius 1 is 1.32 bits per heavy atom. The number of nitrogens with two attached hydrogens (primary N) is 1. The highest BCUT2D eigenvalue weighted by molar-refractivity contribution is 7.18. The second-order valence-corrected chi connectivity index (χ2v) is 5.79. The van der Waals surface area contributed by atoms with Gasteiger partial charge in [-0.1, -0.05) is 11.3 Å². The predicted octanol–water partition coefficient (Wildman–Crippen LogP) is 1.95. The standard InChI is InChI=1S/C14H12N6OS/c15-14-17-6-11(22-14)13-16-3-4-20(13)8-1-2-9-10(5-8)19-12(7-21)18-9/h1-6,21H,7H2,(H2,15,17)(H,18,19). The van der Waals surface area contributed by atoms with Crippen LogP contribution < -0.4 is 5.73 Å². The van der Waals surface area contributed by atoms with Gasteiger partial charge in [0, 0.05) is 18.1 Å². The number of fused-ring (bicyclic) bond motifs is 1. The number of hydrogen-bond donors (Lipinski definition) is 3. The first-order chi connectivity index (χ1) is 10.7. The predicted molar refractivity (Wildman–Crippen MR) is 84.7 cm³/mol. The molecule has 0 unspecified atom stereocenters. The lowest BCUT2D eigenvalue weighted by Gasteiger charge is -2.06. The number of aromatic amines is 1. The minimum Gasteiger partial charge on any atom is -0.388 e. The van der Waals surface area contributed by atoms with Gasteiger partial charge in [0.2, 0.25) is 0 Å². The summed E-state index contributed by atoms with van der Waals surface area (Å²) in [5.41, 5.74) is 8.33. The SMILES string of the molecule is Nc1ncc(-c2nccn2-c2ccc3nc(CO)[nH]c3c2)s1. The summed E-state index contributed by atoms with van der Waals surface area (Å²) in [5, 5.41) is 9.68. The molecule has 0 atom stereocenters. The highest BCUT2D eigenvalue weighted by Gasteiger charge is 2.12. The van der Waals surface area contributed by atoms with E-state index in [1.54, 1.807) is 12.4 Å². The number of rotatable bonds is 3. The van der Waals surface area contributed by atoms with E-state index in [1.165, 1.54) is 11.3 Å². The Labute approximate surface area is 129 Å². The Bertz CT molecular complexity index is 953. The summed E-state index contributed by atoms with van der Waals surface area (Å²) in [4.78, 5) is 16.7. The van der Waals surface area contributed by atoms with Crippen molar-refractivity contribution in [2.24, 2.45) is 0 Å². The second-order valence-electron chi connectivity index (χ2n) is 4.73. The van der Waals surface area contributed by atoms with Gasteiger partial charge < -0.3 is 15.8 Å². The van der Waals surface area contributed by atoms with Gasteiger partial charge in [-0.3, -0.25) is 4.57 Å². The molecule has 110 valence electrons. The molecule has 3 heterocycles. The molecule has 4 N–H and O–H groups in total. The summed E-state index contributed by atoms with van der Waals surface area (Å²) in [6, 6.07) is 5.84. The van der Waals surface area contributed by atoms with Crippen LogP contribution in [0.4, 0.5) is 5.13 Å². The zero-order valence-electron chi connectivity index (χ0n) is 11.4. The van der Waals surface area contributed by atoms with E-state index in [4.69, 9.17) is 10.8 Å². The monoisotopic (exact) mass is 312 g/mol. The summed E-state index contributed by atoms with van der Waals surface area (Å²) >= 11 is 1.40. The molecule has 1 aromatic carbocycles. The molecule has 0 aliphatic rings. The Kier molecular flexibility index (Phi) is 2.91. The van der Waals surface area contributed by atoms with Gasteiger partial charge in [0.1, 0.15) is 12.4 Å². The summed E-state index contributed by atoms with van der Waals surface area (Å²) in [5.74, 6) is 1.34. The molecule has 0 saturated carbocycles. The highest BCUT2D eigenvalue weighted by Crippen LogP contribution is 2.28. The molecule has 0 aliphatic carbocycles. The molecular weight excluding hydrogens is 300 g/mol. The first kappa shape index (κ1) is 13.0. The number of aliphatic hydroxyl groups excluding tert-OH is 1. The van der Waals surface area contributed by atoms with Crippen LogP contribution in [-0.2, 0) is 6.61 Å². The molecule has 0 saturated heterocycles. The number of aromatic nitrogens is 5. The van der Waals surface area contributed by atoms with E-state index in [1.807, 2.05) is 29.0 Å². The maximum absolute atomic E-state index is 9.16. The molecule has 0 fully saturated rings. The number of imidazole rings is 2. The van der Waals surface area contributed by atoms with Crippen molar-refractivity contribution in [1.82, 2.24) is 24.5 Å². The van der Waals surface area contributed by atoms with Crippen molar-refractivity contribution in [3.05, 3.63) is 42.6 Å². The van der Waals surface area contributed by atoms with Crippen molar-refractivity contribution < 1.29 is 5.11 Å². The van der Waals surface area contributed by atoms with Crippen LogP contribution in [-0.4, -0.2) is 29.6 Å². The molecule has 4 aromatic rings. The number of nitrogens with one attached hydrogen (secondary N) is 1. The number of hydrogen-bond acceptors (Lipinski definition) is 6. The maximum atomic E-state index is 9.16. The van der Waals surface area contributed by atoms with Crippen LogP contribution in [0.15, 0.2) is 36.8 Å². The molecule has 0 bridgehead atoms. The molecule has 3 aromatic heterocycles. The number of nitrogens with zero attached hydrogens (tertiary/aromatic N) is 4. The van der Waals surface area contributed by atoms with Gasteiger partial charge in [-0.25, -0.2) is 15.0 Å². The molecule has 22 heavy (non-hydrogen) atoms. The fraction of sp³-hybridized carbons (Fsp3) is 0.0714. The molecule has 0 radical (unpaired) electrons. The average molecular weight is 312 g/mol. The summed E-state index contributed by atoms with van der Waals surface area (Å²) < 4.78 is 1.96. The van der Waals surface area contributed by atoms with E-state index in [9.17, 15) is 0 Å². The van der Waals surface area contributed by atoms with E-state index < -0.39 is 0 Å². The van der Waals surface area contributed by atoms with Crippen LogP contribution in [0.25, 0.3) is 27.4 Å². The fourth-order valence-electron chi connectivity index (χ4n) is 2.36. The zero-order valence-corrected chi connectivity index (χ0v) is 12.2. The Morgan fingerprint density at radius 3 is 3.00 bits per heavy atom. The number of aliphatic hydroxyl groups is 1. The third-order valence-electron chi connectivity index (χ3n) is 3.33. The third-order valence-corrected chi connectivity index (χ3v) is 4.15. The number of anilines is 1. The normalized spacial score (nSPS) is 11.3. The van der Waals surface area contributed by atoms with Gasteiger partial charge in [0.25, 0.3) is 0 Å². The highest BCUT2D eigenvalue weighted by atomic mass is 32.1. The van der Waals surface area contributed by atoms with Gasteiger partial charge in [-0.15, -0.1) is 0 Å². The first-order valence-corrected chi connectivity index (χ1v) is 7.41. The van der Waals surface area contributed by atoms with E-state index in [0.717, 1.165) is 27.4 Å². The largest absolute Gasteiger partial charge is 0.388 e. The number of H-pyrrole nitrogens is 1. The average Bonchev–Trinajstić information content (AvgIpc) is 3.24. The van der Waals surface area contributed by atoms with E-state index >= 15 is 0 Å². The van der Waals surface area contributed by atoms with Crippen molar-refractivity contribution in [2.45, 2.75) is 6.61 Å². The number of thiazole rings is 1. The summed E-state index contributed by atoms with van der Waals surface area (Å²) in [6.07, 6.45) is 5.34. The van der Waals surface area contributed by atoms with Crippen molar-refractivity contribution in [3.63, 3.8) is 0 Å². The molecule has 0 amide bonds. The minimum absolute atomic E-state index is 0.111. The molecule has 0 spiro atoms. The Balaban J connectivity index is 1.83. The van der Waals surface area contributed by atoms with Gasteiger partial charge in [-0.2, -0.15) is 0 Å². The molecule has 7 nitrogen and oxygen atoms in total. The lowest BCUT2D eigenvalue weighted by molar-refractivity contribution is 0.273. The van der Waals surface area contributed by atoms with Crippen LogP contribution in [0.1, 0.15) is 5.82 Å². The Hall–Kier alpha value is -2.71. The van der Waals surface area contributed by atoms with Gasteiger partial charge >= 0.3 is 0 Å². The van der Waals surface area contributed by atoms with Crippen molar-refractivity contribution in [1.29, 1.82) is 0 Å². The minimum atomic E-state index is -0.111. The van der Waals surface area contributed by atoms with Crippen LogP contribution >= 0.6 is 11.3 Å². The van der Waals surface area contributed by atoms with Crippen LogP contribution in [0.3, 0.4) is 0 Å². The zero-order chi connectivity index (χ0) is 15.1. The fourth-order valence-corrected chi connectivity index (χ4v) is 3.04. The van der Waals surface area contributed by atoms with Crippen molar-refractivity contribution in [2.75, 3.05) is 5.73 Å². The van der Waals surface area contributed by atoms with Crippen LogP contribution in [0.5, 0.6) is 0 Å². The smallest absolute Gasteiger partial charge is 0.180 e. The van der Waals surface area contributed by atoms with Crippen molar-refractivity contribution in [3.8, 4) is 16.4 Å². The number of nitrogen functional groups attached to an aromatic ring is 1. The van der Waals surface area contributed by atoms with E-state index in [2.05, 4.69) is 19.9 Å². The summed E-state index contributed by atoms with van der Waals surface area (Å²) in [7, 11) is 0. The molecule has 0 aliphatic heterocycles. The third kappa shape index (κ3) is 2.05. The molecule has 8 heteroatoms. The topological polar surface area (TPSA) is 106 Å². The van der Waals surface area contributed by atoms with Crippen LogP contribution in [0, 0.1) is 0 Å². The van der Waals surface area contributed by atoms with E-state index in [0.29, 0.717) is 11.0 Å². The lowest BCUT2D eigenvalue weighted by atomic mass is 10.2. The first-order valence-electron chi connectivity index (χ1n) is 6.59. The summed E-state index contributed by atoms with van der Waals surface area (Å²) in [6.45, 7) is -0.111. The lowest BCUT2D eigenvalue weighted by Crippen LogP contribution is -1.95. The van der Waals surface area contributed by atoms with Gasteiger partial charge in [-0.05, 0) is 18.2 Å². The number of benzene rings is 1. The molecule has 4 rings (SSSR count).